The van der Waals surface area contributed by atoms with Crippen LogP contribution in [0.2, 0.25) is 5.02 Å². The normalized spacial score (nSPS) is 15.3. The van der Waals surface area contributed by atoms with Crippen LogP contribution in [0.25, 0.3) is 0 Å². The van der Waals surface area contributed by atoms with E-state index in [0.717, 1.165) is 36.9 Å². The molecule has 2 rings (SSSR count). The van der Waals surface area contributed by atoms with Crippen molar-refractivity contribution in [1.82, 2.24) is 9.80 Å². The smallest absolute Gasteiger partial charge is 0.237 e. The average Bonchev–Trinajstić information content (AvgIpc) is 2.55. The van der Waals surface area contributed by atoms with Crippen molar-refractivity contribution in [3.63, 3.8) is 0 Å². The zero-order valence-electron chi connectivity index (χ0n) is 13.5. The van der Waals surface area contributed by atoms with Crippen LogP contribution in [0.3, 0.4) is 0 Å². The van der Waals surface area contributed by atoms with Gasteiger partial charge in [-0.15, -0.1) is 13.2 Å². The van der Waals surface area contributed by atoms with Gasteiger partial charge < -0.3 is 9.80 Å². The third kappa shape index (κ3) is 5.12. The summed E-state index contributed by atoms with van der Waals surface area (Å²) in [6, 6.07) is 7.91. The lowest BCUT2D eigenvalue weighted by atomic mass is 10.2. The Labute approximate surface area is 143 Å². The maximum absolute atomic E-state index is 12.3. The molecule has 0 aromatic heterocycles. The first-order chi connectivity index (χ1) is 11.1. The van der Waals surface area contributed by atoms with Gasteiger partial charge in [0.15, 0.2) is 0 Å². The summed E-state index contributed by atoms with van der Waals surface area (Å²) in [7, 11) is 0. The largest absolute Gasteiger partial charge is 0.369 e. The minimum absolute atomic E-state index is 0.126. The van der Waals surface area contributed by atoms with Gasteiger partial charge in [-0.25, -0.2) is 0 Å². The highest BCUT2D eigenvalue weighted by molar-refractivity contribution is 6.30. The van der Waals surface area contributed by atoms with Gasteiger partial charge in [0.1, 0.15) is 0 Å². The Morgan fingerprint density at radius 2 is 1.83 bits per heavy atom. The second-order valence-corrected chi connectivity index (χ2v) is 6.06. The summed E-state index contributed by atoms with van der Waals surface area (Å²) < 4.78 is 0. The number of carbonyl (C=O) groups is 1. The molecule has 1 amide bonds. The van der Waals surface area contributed by atoms with Crippen LogP contribution in [0.15, 0.2) is 49.6 Å². The number of rotatable bonds is 7. The summed E-state index contributed by atoms with van der Waals surface area (Å²) >= 11 is 6.05. The number of hydrogen-bond acceptors (Lipinski definition) is 3. The Hall–Kier alpha value is -1.78. The van der Waals surface area contributed by atoms with Gasteiger partial charge in [-0.05, 0) is 18.2 Å². The van der Waals surface area contributed by atoms with Gasteiger partial charge in [-0.3, -0.25) is 9.69 Å². The van der Waals surface area contributed by atoms with E-state index >= 15 is 0 Å². The lowest BCUT2D eigenvalue weighted by Gasteiger charge is -2.36. The summed E-state index contributed by atoms with van der Waals surface area (Å²) in [5.41, 5.74) is 1.14. The molecule has 1 fully saturated rings. The summed E-state index contributed by atoms with van der Waals surface area (Å²) in [6.45, 7) is 12.5. The van der Waals surface area contributed by atoms with Crippen molar-refractivity contribution in [3.05, 3.63) is 54.6 Å². The molecule has 1 aliphatic heterocycles. The molecule has 0 saturated carbocycles. The Morgan fingerprint density at radius 3 is 2.39 bits per heavy atom. The van der Waals surface area contributed by atoms with Crippen molar-refractivity contribution in [2.75, 3.05) is 50.7 Å². The highest BCUT2D eigenvalue weighted by Gasteiger charge is 2.21. The highest BCUT2D eigenvalue weighted by Crippen LogP contribution is 2.20. The maximum Gasteiger partial charge on any atom is 0.237 e. The van der Waals surface area contributed by atoms with E-state index in [1.54, 1.807) is 17.1 Å². The zero-order chi connectivity index (χ0) is 16.7. The van der Waals surface area contributed by atoms with Crippen molar-refractivity contribution in [3.8, 4) is 0 Å². The molecular weight excluding hydrogens is 310 g/mol. The van der Waals surface area contributed by atoms with E-state index in [4.69, 9.17) is 11.6 Å². The van der Waals surface area contributed by atoms with E-state index in [0.29, 0.717) is 19.6 Å². The number of anilines is 1. The monoisotopic (exact) mass is 333 g/mol. The molecule has 0 aliphatic carbocycles. The zero-order valence-corrected chi connectivity index (χ0v) is 14.2. The van der Waals surface area contributed by atoms with Gasteiger partial charge in [-0.1, -0.05) is 29.8 Å². The quantitative estimate of drug-likeness (QED) is 0.718. The molecule has 1 heterocycles. The summed E-state index contributed by atoms with van der Waals surface area (Å²) in [5.74, 6) is 0.126. The fourth-order valence-electron chi connectivity index (χ4n) is 2.72. The molecule has 1 aliphatic rings. The summed E-state index contributed by atoms with van der Waals surface area (Å²) in [6.07, 6.45) is 3.50. The van der Waals surface area contributed by atoms with Crippen LogP contribution in [0.4, 0.5) is 5.69 Å². The minimum atomic E-state index is 0.126. The molecule has 0 atom stereocenters. The molecule has 1 aromatic carbocycles. The molecule has 0 radical (unpaired) electrons. The third-order valence-electron chi connectivity index (χ3n) is 3.96. The summed E-state index contributed by atoms with van der Waals surface area (Å²) in [5, 5.41) is 0.754. The van der Waals surface area contributed by atoms with Gasteiger partial charge >= 0.3 is 0 Å². The van der Waals surface area contributed by atoms with Gasteiger partial charge in [0.2, 0.25) is 5.91 Å². The number of carbonyl (C=O) groups excluding carboxylic acids is 1. The van der Waals surface area contributed by atoms with Gasteiger partial charge in [0.05, 0.1) is 6.54 Å². The van der Waals surface area contributed by atoms with Crippen molar-refractivity contribution in [1.29, 1.82) is 0 Å². The second-order valence-electron chi connectivity index (χ2n) is 5.62. The molecule has 0 unspecified atom stereocenters. The van der Waals surface area contributed by atoms with Crippen LogP contribution >= 0.6 is 11.6 Å². The third-order valence-corrected chi connectivity index (χ3v) is 4.19. The molecule has 0 spiro atoms. The Morgan fingerprint density at radius 1 is 1.17 bits per heavy atom. The fourth-order valence-corrected chi connectivity index (χ4v) is 2.90. The molecule has 1 saturated heterocycles. The van der Waals surface area contributed by atoms with Crippen molar-refractivity contribution < 1.29 is 4.79 Å². The van der Waals surface area contributed by atoms with Gasteiger partial charge in [-0.2, -0.15) is 0 Å². The molecule has 1 aromatic rings. The Bertz CT molecular complexity index is 543. The van der Waals surface area contributed by atoms with Crippen LogP contribution < -0.4 is 4.90 Å². The van der Waals surface area contributed by atoms with Gasteiger partial charge in [0.25, 0.3) is 0 Å². The summed E-state index contributed by atoms with van der Waals surface area (Å²) in [4.78, 5) is 18.6. The molecule has 0 N–H and O–H groups in total. The molecule has 23 heavy (non-hydrogen) atoms. The van der Waals surface area contributed by atoms with E-state index < -0.39 is 0 Å². The number of piperazine rings is 1. The predicted octanol–water partition coefficient (Wildman–Crippen LogP) is 2.66. The lowest BCUT2D eigenvalue weighted by molar-refractivity contribution is -0.131. The number of halogens is 1. The first-order valence-corrected chi connectivity index (χ1v) is 8.24. The van der Waals surface area contributed by atoms with Crippen LogP contribution in [0.1, 0.15) is 0 Å². The van der Waals surface area contributed by atoms with Crippen LogP contribution in [0.5, 0.6) is 0 Å². The van der Waals surface area contributed by atoms with Crippen molar-refractivity contribution >= 4 is 23.2 Å². The van der Waals surface area contributed by atoms with E-state index in [1.165, 1.54) is 0 Å². The fraction of sp³-hybridized carbons (Fsp3) is 0.389. The molecule has 124 valence electrons. The van der Waals surface area contributed by atoms with E-state index in [1.807, 2.05) is 18.2 Å². The second kappa shape index (κ2) is 8.75. The first-order valence-electron chi connectivity index (χ1n) is 7.86. The highest BCUT2D eigenvalue weighted by atomic mass is 35.5. The van der Waals surface area contributed by atoms with E-state index in [9.17, 15) is 4.79 Å². The number of benzene rings is 1. The predicted molar refractivity (Wildman–Crippen MR) is 97.1 cm³/mol. The maximum atomic E-state index is 12.3. The molecule has 5 heteroatoms. The molecule has 4 nitrogen and oxygen atoms in total. The van der Waals surface area contributed by atoms with E-state index in [-0.39, 0.29) is 5.91 Å². The number of amides is 1. The standard InChI is InChI=1S/C18H24ClN3O/c1-3-8-22(9-4-2)18(23)15-20-10-12-21(13-11-20)17-7-5-6-16(19)14-17/h3-7,14H,1-2,8-13,15H2. The van der Waals surface area contributed by atoms with Crippen molar-refractivity contribution in [2.45, 2.75) is 0 Å². The Kier molecular flexibility index (Phi) is 6.68. The van der Waals surface area contributed by atoms with Crippen LogP contribution in [0, 0.1) is 0 Å². The van der Waals surface area contributed by atoms with Crippen LogP contribution in [-0.4, -0.2) is 61.5 Å². The van der Waals surface area contributed by atoms with Crippen molar-refractivity contribution in [2.24, 2.45) is 0 Å². The number of nitrogens with zero attached hydrogens (tertiary/aromatic N) is 3. The SMILES string of the molecule is C=CCN(CC=C)C(=O)CN1CCN(c2cccc(Cl)c2)CC1. The van der Waals surface area contributed by atoms with E-state index in [2.05, 4.69) is 29.0 Å². The molecule has 0 bridgehead atoms. The first kappa shape index (κ1) is 17.6. The average molecular weight is 334 g/mol. The van der Waals surface area contributed by atoms with Gasteiger partial charge in [0, 0.05) is 50.0 Å². The topological polar surface area (TPSA) is 26.8 Å². The Balaban J connectivity index is 1.85. The minimum Gasteiger partial charge on any atom is -0.369 e. The van der Waals surface area contributed by atoms with Crippen LogP contribution in [-0.2, 0) is 4.79 Å². The lowest BCUT2D eigenvalue weighted by Crippen LogP contribution is -2.50. The molecular formula is C18H24ClN3O. The number of hydrogen-bond donors (Lipinski definition) is 0.